The van der Waals surface area contributed by atoms with E-state index in [1.165, 1.54) is 257 Å². The summed E-state index contributed by atoms with van der Waals surface area (Å²) in [4.78, 5) is 37.5. The van der Waals surface area contributed by atoms with Crippen LogP contribution in [0.4, 0.5) is 0 Å². The standard InChI is InChI=1S/C74H137NO8/c1-6-8-10-12-14-16-18-20-22-24-25-26-27-28-29-30-31-32-33-34-35-36-37-38-39-40-41-42-43-44-45-46-47-49-51-53-55-57-59-61-63-65-72(77)83-70(69-82-74(73(78)79)80-67-66-75(3,4)5)68-81-71(76)64-62-60-58-56-54-52-50-48-23-21-19-17-15-13-11-9-7-2/h8,10,14,16,20,22,25-26,70,74H,6-7,9,11-13,15,17-19,21,23-24,27-69H2,1-5H3/p+1/b10-8-,16-14-,22-20-,26-25-. The Morgan fingerprint density at radius 3 is 1.02 bits per heavy atom. The molecule has 0 aromatic carbocycles. The van der Waals surface area contributed by atoms with Gasteiger partial charge >= 0.3 is 17.9 Å². The number of rotatable bonds is 67. The van der Waals surface area contributed by atoms with Gasteiger partial charge in [-0.05, 0) is 51.4 Å². The molecule has 0 amide bonds. The van der Waals surface area contributed by atoms with E-state index in [4.69, 9.17) is 18.9 Å². The molecule has 9 heteroatoms. The minimum atomic E-state index is -1.51. The van der Waals surface area contributed by atoms with Gasteiger partial charge in [-0.15, -0.1) is 0 Å². The zero-order valence-corrected chi connectivity index (χ0v) is 55.6. The maximum atomic E-state index is 12.9. The highest BCUT2D eigenvalue weighted by molar-refractivity contribution is 5.71. The maximum Gasteiger partial charge on any atom is 0.361 e. The zero-order chi connectivity index (χ0) is 60.5. The minimum Gasteiger partial charge on any atom is -0.477 e. The molecule has 0 aliphatic rings. The predicted molar refractivity (Wildman–Crippen MR) is 355 cm³/mol. The molecule has 1 N–H and O–H groups in total. The summed E-state index contributed by atoms with van der Waals surface area (Å²) in [5.74, 6) is -1.97. The molecular formula is C74H138NO8+. The Kier molecular flexibility index (Phi) is 63.1. The molecule has 486 valence electrons. The fraction of sp³-hybridized carbons (Fsp3) is 0.851. The SMILES string of the molecule is CC/C=C\C/C=C\C/C=C\C/C=C\CCCCCCCCCCCCCCCCCCCCCCCCCCCCCCC(=O)OC(COC(=O)CCCCCCCCCCCCCCCCCCC)COC(OCC[N+](C)(C)C)C(=O)O. The smallest absolute Gasteiger partial charge is 0.361 e. The molecule has 2 unspecified atom stereocenters. The molecule has 9 nitrogen and oxygen atoms in total. The quantitative estimate of drug-likeness (QED) is 0.0211. The van der Waals surface area contributed by atoms with Crippen LogP contribution < -0.4 is 0 Å². The fourth-order valence-electron chi connectivity index (χ4n) is 10.7. The largest absolute Gasteiger partial charge is 0.477 e. The highest BCUT2D eigenvalue weighted by Gasteiger charge is 2.25. The molecular weight excluding hydrogens is 1030 g/mol. The van der Waals surface area contributed by atoms with E-state index in [9.17, 15) is 19.5 Å². The van der Waals surface area contributed by atoms with Gasteiger partial charge in [-0.1, -0.05) is 332 Å². The highest BCUT2D eigenvalue weighted by atomic mass is 16.7. The summed E-state index contributed by atoms with van der Waals surface area (Å²) >= 11 is 0. The van der Waals surface area contributed by atoms with Crippen molar-refractivity contribution in [2.75, 3.05) is 47.5 Å². The molecule has 83 heavy (non-hydrogen) atoms. The summed E-state index contributed by atoms with van der Waals surface area (Å²) in [5, 5.41) is 9.73. The van der Waals surface area contributed by atoms with Gasteiger partial charge in [-0.2, -0.15) is 0 Å². The van der Waals surface area contributed by atoms with Crippen LogP contribution in [-0.4, -0.2) is 87.4 Å². The van der Waals surface area contributed by atoms with E-state index in [-0.39, 0.29) is 38.2 Å². The van der Waals surface area contributed by atoms with E-state index in [0.717, 1.165) is 64.2 Å². The van der Waals surface area contributed by atoms with E-state index >= 15 is 0 Å². The summed E-state index contributed by atoms with van der Waals surface area (Å²) in [6.45, 7) is 4.83. The molecule has 0 saturated carbocycles. The molecule has 0 saturated heterocycles. The van der Waals surface area contributed by atoms with Crippen LogP contribution in [0.15, 0.2) is 48.6 Å². The van der Waals surface area contributed by atoms with Crippen molar-refractivity contribution in [1.29, 1.82) is 0 Å². The topological polar surface area (TPSA) is 108 Å². The first-order chi connectivity index (χ1) is 40.6. The number of aliphatic carboxylic acids is 1. The molecule has 0 heterocycles. The summed E-state index contributed by atoms with van der Waals surface area (Å²) < 4.78 is 23.0. The van der Waals surface area contributed by atoms with Gasteiger partial charge in [0.25, 0.3) is 6.29 Å². The number of carboxylic acids is 1. The third-order valence-electron chi connectivity index (χ3n) is 16.1. The van der Waals surface area contributed by atoms with Crippen LogP contribution in [0.3, 0.4) is 0 Å². The first kappa shape index (κ1) is 80.2. The lowest BCUT2D eigenvalue weighted by Gasteiger charge is -2.25. The van der Waals surface area contributed by atoms with Crippen LogP contribution >= 0.6 is 0 Å². The lowest BCUT2D eigenvalue weighted by atomic mass is 10.0. The molecule has 2 atom stereocenters. The van der Waals surface area contributed by atoms with Crippen LogP contribution in [0.1, 0.15) is 348 Å². The van der Waals surface area contributed by atoms with Crippen molar-refractivity contribution in [1.82, 2.24) is 0 Å². The van der Waals surface area contributed by atoms with Crippen molar-refractivity contribution in [3.05, 3.63) is 48.6 Å². The second-order valence-electron chi connectivity index (χ2n) is 25.5. The number of unbranched alkanes of at least 4 members (excludes halogenated alkanes) is 44. The third kappa shape index (κ3) is 66.6. The molecule has 0 aliphatic carbocycles. The number of allylic oxidation sites excluding steroid dienone is 8. The molecule has 0 fully saturated rings. The van der Waals surface area contributed by atoms with Crippen LogP contribution in [0, 0.1) is 0 Å². The van der Waals surface area contributed by atoms with Gasteiger partial charge in [-0.25, -0.2) is 4.79 Å². The Morgan fingerprint density at radius 2 is 0.687 bits per heavy atom. The van der Waals surface area contributed by atoms with Gasteiger partial charge in [0, 0.05) is 12.8 Å². The second kappa shape index (κ2) is 65.2. The number of nitrogens with zero attached hydrogens (tertiary/aromatic N) is 1. The van der Waals surface area contributed by atoms with Gasteiger partial charge < -0.3 is 28.5 Å². The summed E-state index contributed by atoms with van der Waals surface area (Å²) in [5.41, 5.74) is 0. The number of carbonyl (C=O) groups is 3. The van der Waals surface area contributed by atoms with Gasteiger partial charge in [0.15, 0.2) is 6.10 Å². The summed E-state index contributed by atoms with van der Waals surface area (Å²) in [6, 6.07) is 0. The van der Waals surface area contributed by atoms with Crippen molar-refractivity contribution in [2.45, 2.75) is 360 Å². The van der Waals surface area contributed by atoms with Crippen molar-refractivity contribution in [3.8, 4) is 0 Å². The number of ether oxygens (including phenoxy) is 4. The fourth-order valence-corrected chi connectivity index (χ4v) is 10.7. The van der Waals surface area contributed by atoms with Crippen molar-refractivity contribution in [2.24, 2.45) is 0 Å². The molecule has 0 rings (SSSR count). The van der Waals surface area contributed by atoms with Crippen LogP contribution in [0.25, 0.3) is 0 Å². The summed E-state index contributed by atoms with van der Waals surface area (Å²) in [7, 11) is 5.99. The van der Waals surface area contributed by atoms with Crippen LogP contribution in [-0.2, 0) is 33.3 Å². The zero-order valence-electron chi connectivity index (χ0n) is 55.6. The second-order valence-corrected chi connectivity index (χ2v) is 25.5. The van der Waals surface area contributed by atoms with Crippen LogP contribution in [0.2, 0.25) is 0 Å². The molecule has 0 aromatic heterocycles. The van der Waals surface area contributed by atoms with Gasteiger partial charge in [0.1, 0.15) is 13.2 Å². The number of quaternary nitrogens is 1. The Balaban J connectivity index is 3.91. The number of esters is 2. The van der Waals surface area contributed by atoms with Crippen molar-refractivity contribution >= 4 is 17.9 Å². The van der Waals surface area contributed by atoms with E-state index in [0.29, 0.717) is 17.4 Å². The number of likely N-dealkylation sites (N-methyl/N-ethyl adjacent to an activating group) is 1. The Hall–Kier alpha value is -2.75. The normalized spacial score (nSPS) is 12.9. The van der Waals surface area contributed by atoms with Gasteiger partial charge in [-0.3, -0.25) is 9.59 Å². The average molecular weight is 1170 g/mol. The monoisotopic (exact) mass is 1170 g/mol. The Bertz CT molecular complexity index is 1500. The van der Waals surface area contributed by atoms with E-state index in [1.807, 2.05) is 21.1 Å². The lowest BCUT2D eigenvalue weighted by molar-refractivity contribution is -0.870. The highest BCUT2D eigenvalue weighted by Crippen LogP contribution is 2.19. The van der Waals surface area contributed by atoms with E-state index < -0.39 is 18.4 Å². The molecule has 0 bridgehead atoms. The molecule has 0 radical (unpaired) electrons. The molecule has 0 spiro atoms. The Labute approximate surface area is 514 Å². The molecule has 0 aromatic rings. The number of hydrogen-bond donors (Lipinski definition) is 1. The third-order valence-corrected chi connectivity index (χ3v) is 16.1. The van der Waals surface area contributed by atoms with Gasteiger partial charge in [0.2, 0.25) is 0 Å². The Morgan fingerprint density at radius 1 is 0.373 bits per heavy atom. The number of hydrogen-bond acceptors (Lipinski definition) is 7. The molecule has 0 aliphatic heterocycles. The first-order valence-corrected chi connectivity index (χ1v) is 35.8. The maximum absolute atomic E-state index is 12.9. The summed E-state index contributed by atoms with van der Waals surface area (Å²) in [6.07, 6.45) is 81.1. The minimum absolute atomic E-state index is 0.175. The predicted octanol–water partition coefficient (Wildman–Crippen LogP) is 22.1. The van der Waals surface area contributed by atoms with Crippen molar-refractivity contribution in [3.63, 3.8) is 0 Å². The average Bonchev–Trinajstić information content (AvgIpc) is 3.46. The first-order valence-electron chi connectivity index (χ1n) is 35.8. The number of carboxylic acid groups (broad SMARTS) is 1. The lowest BCUT2D eigenvalue weighted by Crippen LogP contribution is -2.40. The van der Waals surface area contributed by atoms with Gasteiger partial charge in [0.05, 0.1) is 34.4 Å². The van der Waals surface area contributed by atoms with Crippen molar-refractivity contribution < 1.29 is 42.9 Å². The van der Waals surface area contributed by atoms with Crippen LogP contribution in [0.5, 0.6) is 0 Å². The number of carbonyl (C=O) groups excluding carboxylic acids is 2. The van der Waals surface area contributed by atoms with E-state index in [1.54, 1.807) is 0 Å². The van der Waals surface area contributed by atoms with E-state index in [2.05, 4.69) is 62.5 Å².